The Morgan fingerprint density at radius 1 is 0.852 bits per heavy atom. The van der Waals surface area contributed by atoms with Gasteiger partial charge in [0, 0.05) is 12.2 Å². The lowest BCUT2D eigenvalue weighted by atomic mass is 9.93. The Kier molecular flexibility index (Phi) is 6.66. The predicted octanol–water partition coefficient (Wildman–Crippen LogP) is 4.63. The van der Waals surface area contributed by atoms with Crippen LogP contribution >= 0.6 is 12.6 Å². The number of hydrogen-bond donors (Lipinski definition) is 1. The maximum absolute atomic E-state index is 12.6. The number of thiol groups is 1. The summed E-state index contributed by atoms with van der Waals surface area (Å²) in [5, 5.41) is 2.27. The summed E-state index contributed by atoms with van der Waals surface area (Å²) in [4.78, 5) is 24.6. The standard InChI is InChI=1S/C23H22O3S/c24-22(16-27)14-21(23(25)26-15-17-6-2-1-3-7-17)13-18-10-11-19-8-4-5-9-20(19)12-18/h1-12,21,27H,13-16H2. The summed E-state index contributed by atoms with van der Waals surface area (Å²) in [5.41, 5.74) is 1.94. The van der Waals surface area contributed by atoms with Crippen LogP contribution in [0.5, 0.6) is 0 Å². The number of fused-ring (bicyclic) bond motifs is 1. The lowest BCUT2D eigenvalue weighted by Gasteiger charge is -2.16. The van der Waals surface area contributed by atoms with E-state index in [0.717, 1.165) is 21.9 Å². The third-order valence-corrected chi connectivity index (χ3v) is 4.86. The Hall–Kier alpha value is -2.59. The monoisotopic (exact) mass is 378 g/mol. The summed E-state index contributed by atoms with van der Waals surface area (Å²) in [6, 6.07) is 23.7. The third kappa shape index (κ3) is 5.44. The molecule has 0 fully saturated rings. The SMILES string of the molecule is O=C(CS)CC(Cc1ccc2ccccc2c1)C(=O)OCc1ccccc1. The van der Waals surface area contributed by atoms with Gasteiger partial charge in [-0.15, -0.1) is 0 Å². The van der Waals surface area contributed by atoms with E-state index in [1.54, 1.807) is 0 Å². The van der Waals surface area contributed by atoms with E-state index in [0.29, 0.717) is 6.42 Å². The van der Waals surface area contributed by atoms with Crippen LogP contribution in [-0.4, -0.2) is 17.5 Å². The minimum atomic E-state index is -0.505. The zero-order valence-corrected chi connectivity index (χ0v) is 15.9. The number of esters is 1. The number of ether oxygens (including phenoxy) is 1. The van der Waals surface area contributed by atoms with E-state index in [9.17, 15) is 9.59 Å². The molecule has 0 radical (unpaired) electrons. The van der Waals surface area contributed by atoms with Crippen LogP contribution in [-0.2, 0) is 27.4 Å². The largest absolute Gasteiger partial charge is 0.461 e. The van der Waals surface area contributed by atoms with E-state index in [-0.39, 0.29) is 30.5 Å². The number of ketones is 1. The van der Waals surface area contributed by atoms with Gasteiger partial charge in [0.15, 0.2) is 0 Å². The zero-order valence-electron chi connectivity index (χ0n) is 15.0. The second-order valence-electron chi connectivity index (χ2n) is 6.58. The molecule has 27 heavy (non-hydrogen) atoms. The molecule has 0 amide bonds. The molecule has 0 heterocycles. The van der Waals surface area contributed by atoms with Gasteiger partial charge < -0.3 is 4.74 Å². The lowest BCUT2D eigenvalue weighted by molar-refractivity contribution is -0.151. The Balaban J connectivity index is 1.73. The molecule has 0 spiro atoms. The first-order chi connectivity index (χ1) is 13.2. The molecule has 0 aliphatic carbocycles. The maximum atomic E-state index is 12.6. The van der Waals surface area contributed by atoms with Gasteiger partial charge in [0.2, 0.25) is 0 Å². The Morgan fingerprint density at radius 2 is 1.56 bits per heavy atom. The van der Waals surface area contributed by atoms with Gasteiger partial charge in [-0.2, -0.15) is 12.6 Å². The fourth-order valence-electron chi connectivity index (χ4n) is 3.08. The normalized spacial score (nSPS) is 11.9. The molecule has 0 aromatic heterocycles. The van der Waals surface area contributed by atoms with Gasteiger partial charge in [0.25, 0.3) is 0 Å². The second-order valence-corrected chi connectivity index (χ2v) is 6.89. The first-order valence-corrected chi connectivity index (χ1v) is 9.60. The fraction of sp³-hybridized carbons (Fsp3) is 0.217. The Bertz CT molecular complexity index is 921. The molecule has 0 N–H and O–H groups in total. The second kappa shape index (κ2) is 9.38. The fourth-order valence-corrected chi connectivity index (χ4v) is 3.20. The molecule has 0 aliphatic rings. The van der Waals surface area contributed by atoms with Crippen molar-refractivity contribution in [1.82, 2.24) is 0 Å². The summed E-state index contributed by atoms with van der Waals surface area (Å²) in [6.07, 6.45) is 0.613. The van der Waals surface area contributed by atoms with E-state index in [4.69, 9.17) is 4.74 Å². The molecule has 1 atom stereocenters. The number of rotatable bonds is 8. The van der Waals surface area contributed by atoms with Crippen LogP contribution in [0.3, 0.4) is 0 Å². The van der Waals surface area contributed by atoms with Crippen molar-refractivity contribution >= 4 is 35.2 Å². The average molecular weight is 378 g/mol. The number of carbonyl (C=O) groups is 2. The summed E-state index contributed by atoms with van der Waals surface area (Å²) in [7, 11) is 0. The summed E-state index contributed by atoms with van der Waals surface area (Å²) in [5.74, 6) is -0.780. The van der Waals surface area contributed by atoms with Crippen molar-refractivity contribution in [2.45, 2.75) is 19.4 Å². The maximum Gasteiger partial charge on any atom is 0.310 e. The molecule has 4 heteroatoms. The molecule has 0 bridgehead atoms. The smallest absolute Gasteiger partial charge is 0.310 e. The first kappa shape index (κ1) is 19.2. The highest BCUT2D eigenvalue weighted by Gasteiger charge is 2.23. The molecule has 1 unspecified atom stereocenters. The molecule has 0 aliphatic heterocycles. The van der Waals surface area contributed by atoms with E-state index >= 15 is 0 Å². The van der Waals surface area contributed by atoms with Crippen molar-refractivity contribution in [3.63, 3.8) is 0 Å². The van der Waals surface area contributed by atoms with Crippen LogP contribution in [0.15, 0.2) is 72.8 Å². The molecule has 3 aromatic carbocycles. The molecule has 0 saturated heterocycles. The molecule has 3 rings (SSSR count). The minimum absolute atomic E-state index is 0.0548. The van der Waals surface area contributed by atoms with Crippen LogP contribution in [0.4, 0.5) is 0 Å². The van der Waals surface area contributed by atoms with Crippen molar-refractivity contribution < 1.29 is 14.3 Å². The summed E-state index contributed by atoms with van der Waals surface area (Å²) in [6.45, 7) is 0.211. The highest BCUT2D eigenvalue weighted by atomic mass is 32.1. The van der Waals surface area contributed by atoms with Gasteiger partial charge in [-0.3, -0.25) is 9.59 Å². The van der Waals surface area contributed by atoms with Crippen LogP contribution in [0.25, 0.3) is 10.8 Å². The Morgan fingerprint density at radius 3 is 2.30 bits per heavy atom. The quantitative estimate of drug-likeness (QED) is 0.459. The van der Waals surface area contributed by atoms with Gasteiger partial charge in [0.1, 0.15) is 12.4 Å². The highest BCUT2D eigenvalue weighted by Crippen LogP contribution is 2.21. The first-order valence-electron chi connectivity index (χ1n) is 8.96. The molecule has 3 aromatic rings. The van der Waals surface area contributed by atoms with Crippen molar-refractivity contribution in [2.24, 2.45) is 5.92 Å². The van der Waals surface area contributed by atoms with Gasteiger partial charge in [0.05, 0.1) is 5.92 Å². The average Bonchev–Trinajstić information content (AvgIpc) is 2.72. The Labute approximate surface area is 164 Å². The van der Waals surface area contributed by atoms with E-state index < -0.39 is 5.92 Å². The third-order valence-electron chi connectivity index (χ3n) is 4.50. The van der Waals surface area contributed by atoms with Gasteiger partial charge >= 0.3 is 5.97 Å². The van der Waals surface area contributed by atoms with E-state index in [1.165, 1.54) is 0 Å². The van der Waals surface area contributed by atoms with Crippen LogP contribution in [0, 0.1) is 5.92 Å². The molecule has 0 saturated carbocycles. The zero-order chi connectivity index (χ0) is 19.1. The molecular weight excluding hydrogens is 356 g/mol. The highest BCUT2D eigenvalue weighted by molar-refractivity contribution is 7.81. The van der Waals surface area contributed by atoms with Crippen molar-refractivity contribution in [3.8, 4) is 0 Å². The molecular formula is C23H22O3S. The van der Waals surface area contributed by atoms with Gasteiger partial charge in [-0.1, -0.05) is 72.8 Å². The predicted molar refractivity (Wildman–Crippen MR) is 111 cm³/mol. The molecule has 3 nitrogen and oxygen atoms in total. The number of hydrogen-bond acceptors (Lipinski definition) is 4. The topological polar surface area (TPSA) is 43.4 Å². The number of benzene rings is 3. The summed E-state index contributed by atoms with van der Waals surface area (Å²) < 4.78 is 5.48. The van der Waals surface area contributed by atoms with Crippen LogP contribution < -0.4 is 0 Å². The van der Waals surface area contributed by atoms with Gasteiger partial charge in [-0.05, 0) is 28.3 Å². The van der Waals surface area contributed by atoms with E-state index in [1.807, 2.05) is 60.7 Å². The summed E-state index contributed by atoms with van der Waals surface area (Å²) >= 11 is 4.04. The van der Waals surface area contributed by atoms with E-state index in [2.05, 4.69) is 24.8 Å². The van der Waals surface area contributed by atoms with Crippen molar-refractivity contribution in [1.29, 1.82) is 0 Å². The van der Waals surface area contributed by atoms with Gasteiger partial charge in [-0.25, -0.2) is 0 Å². The lowest BCUT2D eigenvalue weighted by Crippen LogP contribution is -2.23. The van der Waals surface area contributed by atoms with Crippen LogP contribution in [0.2, 0.25) is 0 Å². The van der Waals surface area contributed by atoms with Crippen molar-refractivity contribution in [2.75, 3.05) is 5.75 Å². The van der Waals surface area contributed by atoms with Crippen LogP contribution in [0.1, 0.15) is 17.5 Å². The number of Topliss-reactive ketones (excluding diaryl/α,β-unsaturated/α-hetero) is 1. The molecule has 138 valence electrons. The number of carbonyl (C=O) groups excluding carboxylic acids is 2. The van der Waals surface area contributed by atoms with Crippen molar-refractivity contribution in [3.05, 3.63) is 83.9 Å². The minimum Gasteiger partial charge on any atom is -0.461 e.